The molecule has 0 atom stereocenters. The number of halogens is 1. The zero-order chi connectivity index (χ0) is 14.4. The van der Waals surface area contributed by atoms with Crippen molar-refractivity contribution in [2.75, 3.05) is 30.8 Å². The summed E-state index contributed by atoms with van der Waals surface area (Å²) in [5.74, 6) is 1.24. The molecule has 0 fully saturated rings. The summed E-state index contributed by atoms with van der Waals surface area (Å²) >= 11 is 6.06. The predicted molar refractivity (Wildman–Crippen MR) is 82.1 cm³/mol. The van der Waals surface area contributed by atoms with Gasteiger partial charge in [-0.25, -0.2) is 4.98 Å². The number of hydrogen-bond donors (Lipinski definition) is 2. The number of aromatic nitrogens is 2. The molecule has 0 aromatic carbocycles. The molecule has 2 N–H and O–H groups in total. The van der Waals surface area contributed by atoms with Crippen LogP contribution in [0.25, 0.3) is 0 Å². The second-order valence-corrected chi connectivity index (χ2v) is 5.40. The Morgan fingerprint density at radius 3 is 2.42 bits per heavy atom. The van der Waals surface area contributed by atoms with Crippen LogP contribution in [0, 0.1) is 0 Å². The molecule has 6 heteroatoms. The van der Waals surface area contributed by atoms with Crippen molar-refractivity contribution in [3.63, 3.8) is 0 Å². The smallest absolute Gasteiger partial charge is 0.224 e. The third-order valence-corrected chi connectivity index (χ3v) is 3.23. The molecule has 1 rings (SSSR count). The zero-order valence-electron chi connectivity index (χ0n) is 12.4. The standard InChI is InChI=1S/C13H24ClN5/c1-9(2)19(10(3)4)7-6-16-12-11(14)8-17-13(15-5)18-12/h8-10H,6-7H2,1-5H3,(H2,15,16,17,18). The van der Waals surface area contributed by atoms with Crippen LogP contribution in [-0.2, 0) is 0 Å². The van der Waals surface area contributed by atoms with Crippen LogP contribution in [0.2, 0.25) is 5.02 Å². The van der Waals surface area contributed by atoms with Crippen molar-refractivity contribution in [2.24, 2.45) is 0 Å². The van der Waals surface area contributed by atoms with Gasteiger partial charge in [0.2, 0.25) is 5.95 Å². The van der Waals surface area contributed by atoms with Gasteiger partial charge < -0.3 is 10.6 Å². The van der Waals surface area contributed by atoms with E-state index in [1.165, 1.54) is 0 Å². The molecule has 0 spiro atoms. The number of rotatable bonds is 7. The average Bonchev–Trinajstić information content (AvgIpc) is 2.35. The molecule has 0 radical (unpaired) electrons. The van der Waals surface area contributed by atoms with Crippen LogP contribution < -0.4 is 10.6 Å². The molecular formula is C13H24ClN5. The number of nitrogens with zero attached hydrogens (tertiary/aromatic N) is 3. The summed E-state index contributed by atoms with van der Waals surface area (Å²) in [4.78, 5) is 10.8. The highest BCUT2D eigenvalue weighted by Crippen LogP contribution is 2.18. The first-order valence-electron chi connectivity index (χ1n) is 6.65. The zero-order valence-corrected chi connectivity index (χ0v) is 13.1. The van der Waals surface area contributed by atoms with Gasteiger partial charge in [0.1, 0.15) is 5.02 Å². The van der Waals surface area contributed by atoms with E-state index in [0.29, 0.717) is 28.9 Å². The third kappa shape index (κ3) is 4.84. The number of nitrogens with one attached hydrogen (secondary N) is 2. The van der Waals surface area contributed by atoms with Gasteiger partial charge in [-0.05, 0) is 27.7 Å². The third-order valence-electron chi connectivity index (χ3n) is 2.96. The summed E-state index contributed by atoms with van der Waals surface area (Å²) in [6, 6.07) is 1.05. The molecular weight excluding hydrogens is 262 g/mol. The van der Waals surface area contributed by atoms with E-state index in [0.717, 1.165) is 13.1 Å². The molecule has 19 heavy (non-hydrogen) atoms. The summed E-state index contributed by atoms with van der Waals surface area (Å²) in [6.07, 6.45) is 1.60. The lowest BCUT2D eigenvalue weighted by Crippen LogP contribution is -2.40. The lowest BCUT2D eigenvalue weighted by atomic mass is 10.2. The topological polar surface area (TPSA) is 53.1 Å². The van der Waals surface area contributed by atoms with Gasteiger partial charge >= 0.3 is 0 Å². The average molecular weight is 286 g/mol. The molecule has 0 amide bonds. The first kappa shape index (κ1) is 16.0. The van der Waals surface area contributed by atoms with Gasteiger partial charge in [-0.3, -0.25) is 4.90 Å². The van der Waals surface area contributed by atoms with Crippen LogP contribution in [0.4, 0.5) is 11.8 Å². The molecule has 0 aliphatic heterocycles. The van der Waals surface area contributed by atoms with E-state index in [4.69, 9.17) is 11.6 Å². The van der Waals surface area contributed by atoms with Gasteiger partial charge in [0.05, 0.1) is 6.20 Å². The van der Waals surface area contributed by atoms with Gasteiger partial charge in [0.25, 0.3) is 0 Å². The predicted octanol–water partition coefficient (Wildman–Crippen LogP) is 2.70. The quantitative estimate of drug-likeness (QED) is 0.807. The van der Waals surface area contributed by atoms with Crippen molar-refractivity contribution in [1.82, 2.24) is 14.9 Å². The maximum absolute atomic E-state index is 6.06. The summed E-state index contributed by atoms with van der Waals surface area (Å²) in [6.45, 7) is 10.6. The van der Waals surface area contributed by atoms with Gasteiger partial charge in [0.15, 0.2) is 5.82 Å². The second-order valence-electron chi connectivity index (χ2n) is 4.99. The van der Waals surface area contributed by atoms with Crippen molar-refractivity contribution in [1.29, 1.82) is 0 Å². The summed E-state index contributed by atoms with van der Waals surface area (Å²) in [5.41, 5.74) is 0. The van der Waals surface area contributed by atoms with Crippen LogP contribution in [0.1, 0.15) is 27.7 Å². The fraction of sp³-hybridized carbons (Fsp3) is 0.692. The molecule has 1 heterocycles. The van der Waals surface area contributed by atoms with E-state index >= 15 is 0 Å². The van der Waals surface area contributed by atoms with Crippen molar-refractivity contribution >= 4 is 23.4 Å². The highest BCUT2D eigenvalue weighted by molar-refractivity contribution is 6.32. The largest absolute Gasteiger partial charge is 0.367 e. The van der Waals surface area contributed by atoms with Crippen LogP contribution >= 0.6 is 11.6 Å². The molecule has 0 bridgehead atoms. The second kappa shape index (κ2) is 7.50. The molecule has 108 valence electrons. The van der Waals surface area contributed by atoms with E-state index < -0.39 is 0 Å². The van der Waals surface area contributed by atoms with Gasteiger partial charge in [-0.2, -0.15) is 4.98 Å². The number of hydrogen-bond acceptors (Lipinski definition) is 5. The number of anilines is 2. The minimum atomic E-state index is 0.524. The molecule has 1 aromatic heterocycles. The van der Waals surface area contributed by atoms with Gasteiger partial charge in [0, 0.05) is 32.2 Å². The molecule has 0 saturated carbocycles. The van der Waals surface area contributed by atoms with E-state index in [2.05, 4.69) is 53.2 Å². The van der Waals surface area contributed by atoms with Gasteiger partial charge in [-0.15, -0.1) is 0 Å². The van der Waals surface area contributed by atoms with Crippen LogP contribution in [0.15, 0.2) is 6.20 Å². The fourth-order valence-corrected chi connectivity index (χ4v) is 2.19. The van der Waals surface area contributed by atoms with Crippen LogP contribution in [0.5, 0.6) is 0 Å². The van der Waals surface area contributed by atoms with E-state index in [1.807, 2.05) is 0 Å². The highest BCUT2D eigenvalue weighted by Gasteiger charge is 2.13. The Morgan fingerprint density at radius 1 is 1.26 bits per heavy atom. The summed E-state index contributed by atoms with van der Waals surface area (Å²) in [5, 5.41) is 6.70. The minimum Gasteiger partial charge on any atom is -0.367 e. The van der Waals surface area contributed by atoms with Crippen molar-refractivity contribution in [2.45, 2.75) is 39.8 Å². The maximum Gasteiger partial charge on any atom is 0.224 e. The minimum absolute atomic E-state index is 0.524. The Morgan fingerprint density at radius 2 is 1.89 bits per heavy atom. The Balaban J connectivity index is 2.57. The summed E-state index contributed by atoms with van der Waals surface area (Å²) in [7, 11) is 1.78. The normalized spacial score (nSPS) is 11.4. The Hall–Kier alpha value is -1.07. The Kier molecular flexibility index (Phi) is 6.31. The Labute approximate surface area is 120 Å². The molecule has 0 unspecified atom stereocenters. The molecule has 0 saturated heterocycles. The van der Waals surface area contributed by atoms with Crippen molar-refractivity contribution in [3.8, 4) is 0 Å². The molecule has 0 aliphatic carbocycles. The maximum atomic E-state index is 6.06. The highest BCUT2D eigenvalue weighted by atomic mass is 35.5. The van der Waals surface area contributed by atoms with Crippen LogP contribution in [0.3, 0.4) is 0 Å². The van der Waals surface area contributed by atoms with E-state index in [1.54, 1.807) is 13.2 Å². The first-order chi connectivity index (χ1) is 8.95. The SMILES string of the molecule is CNc1ncc(Cl)c(NCCN(C(C)C)C(C)C)n1. The van der Waals surface area contributed by atoms with Crippen molar-refractivity contribution < 1.29 is 0 Å². The lowest BCUT2D eigenvalue weighted by molar-refractivity contribution is 0.182. The van der Waals surface area contributed by atoms with E-state index in [-0.39, 0.29) is 0 Å². The first-order valence-corrected chi connectivity index (χ1v) is 7.03. The fourth-order valence-electron chi connectivity index (χ4n) is 2.03. The van der Waals surface area contributed by atoms with Gasteiger partial charge in [-0.1, -0.05) is 11.6 Å². The van der Waals surface area contributed by atoms with Crippen molar-refractivity contribution in [3.05, 3.63) is 11.2 Å². The Bertz CT molecular complexity index is 387. The molecule has 0 aliphatic rings. The lowest BCUT2D eigenvalue weighted by Gasteiger charge is -2.30. The molecule has 5 nitrogen and oxygen atoms in total. The molecule has 1 aromatic rings. The van der Waals surface area contributed by atoms with E-state index in [9.17, 15) is 0 Å². The monoisotopic (exact) mass is 285 g/mol. The van der Waals surface area contributed by atoms with Crippen LogP contribution in [-0.4, -0.2) is 47.1 Å². The summed E-state index contributed by atoms with van der Waals surface area (Å²) < 4.78 is 0.